The lowest BCUT2D eigenvalue weighted by atomic mass is 10.1. The van der Waals surface area contributed by atoms with Crippen molar-refractivity contribution in [3.8, 4) is 17.1 Å². The maximum absolute atomic E-state index is 12.9. The first-order chi connectivity index (χ1) is 14.3. The number of hydrogen-bond donors (Lipinski definition) is 1. The number of carbonyl (C=O) groups is 1. The van der Waals surface area contributed by atoms with Gasteiger partial charge in [-0.3, -0.25) is 4.79 Å². The van der Waals surface area contributed by atoms with Crippen LogP contribution in [-0.2, 0) is 11.3 Å². The number of nitrogens with zero attached hydrogens (tertiary/aromatic N) is 3. The average Bonchev–Trinajstić information content (AvgIpc) is 3.12. The normalized spacial score (nSPS) is 11.9. The van der Waals surface area contributed by atoms with Crippen LogP contribution in [0.3, 0.4) is 0 Å². The van der Waals surface area contributed by atoms with Gasteiger partial charge in [0.1, 0.15) is 5.75 Å². The third-order valence-electron chi connectivity index (χ3n) is 4.96. The highest BCUT2D eigenvalue weighted by Crippen LogP contribution is 2.32. The summed E-state index contributed by atoms with van der Waals surface area (Å²) in [7, 11) is 1.64. The molecule has 158 valence electrons. The standard InChI is InChI=1S/C23H28N4O2S/c1-7-27-21(18-10-8-9-11-19(18)29-6)25-26-23(27)30-17(5)22(28)24-20-15(3)12-14(2)13-16(20)4/h8-13,17H,7H2,1-6H3,(H,24,28). The Hall–Kier alpha value is -2.80. The summed E-state index contributed by atoms with van der Waals surface area (Å²) < 4.78 is 7.48. The summed E-state index contributed by atoms with van der Waals surface area (Å²) in [6.45, 7) is 10.7. The van der Waals surface area contributed by atoms with E-state index in [2.05, 4.69) is 34.6 Å². The Kier molecular flexibility index (Phi) is 6.82. The minimum Gasteiger partial charge on any atom is -0.496 e. The molecule has 0 aliphatic rings. The molecule has 0 saturated carbocycles. The van der Waals surface area contributed by atoms with Gasteiger partial charge in [-0.15, -0.1) is 10.2 Å². The van der Waals surface area contributed by atoms with Crippen LogP contribution >= 0.6 is 11.8 Å². The molecule has 2 aromatic carbocycles. The molecule has 3 rings (SSSR count). The maximum atomic E-state index is 12.9. The number of anilines is 1. The van der Waals surface area contributed by atoms with Crippen LogP contribution in [0.15, 0.2) is 41.6 Å². The molecule has 1 unspecified atom stereocenters. The van der Waals surface area contributed by atoms with Crippen molar-refractivity contribution >= 4 is 23.4 Å². The largest absolute Gasteiger partial charge is 0.496 e. The Morgan fingerprint density at radius 1 is 1.17 bits per heavy atom. The van der Waals surface area contributed by atoms with Crippen molar-refractivity contribution in [2.24, 2.45) is 0 Å². The molecule has 1 heterocycles. The molecule has 1 atom stereocenters. The van der Waals surface area contributed by atoms with Crippen molar-refractivity contribution in [3.05, 3.63) is 53.1 Å². The van der Waals surface area contributed by atoms with E-state index in [0.29, 0.717) is 11.7 Å². The molecule has 0 aliphatic heterocycles. The summed E-state index contributed by atoms with van der Waals surface area (Å²) in [5.41, 5.74) is 5.07. The lowest BCUT2D eigenvalue weighted by Crippen LogP contribution is -2.24. The second kappa shape index (κ2) is 9.34. The number of amides is 1. The molecule has 30 heavy (non-hydrogen) atoms. The van der Waals surface area contributed by atoms with E-state index in [-0.39, 0.29) is 11.2 Å². The molecule has 1 N–H and O–H groups in total. The summed E-state index contributed by atoms with van der Waals surface area (Å²) >= 11 is 1.40. The number of thioether (sulfide) groups is 1. The van der Waals surface area contributed by atoms with Crippen LogP contribution in [0.5, 0.6) is 5.75 Å². The Balaban J connectivity index is 1.81. The van der Waals surface area contributed by atoms with Crippen molar-refractivity contribution in [1.82, 2.24) is 14.8 Å². The SMILES string of the molecule is CCn1c(SC(C)C(=O)Nc2c(C)cc(C)cc2C)nnc1-c1ccccc1OC. The second-order valence-electron chi connectivity index (χ2n) is 7.27. The third kappa shape index (κ3) is 4.51. The van der Waals surface area contributed by atoms with Crippen molar-refractivity contribution in [2.45, 2.75) is 51.6 Å². The predicted octanol–water partition coefficient (Wildman–Crippen LogP) is 5.02. The van der Waals surface area contributed by atoms with E-state index in [0.717, 1.165) is 34.0 Å². The van der Waals surface area contributed by atoms with E-state index < -0.39 is 0 Å². The first-order valence-corrected chi connectivity index (χ1v) is 10.9. The Morgan fingerprint density at radius 2 is 1.83 bits per heavy atom. The van der Waals surface area contributed by atoms with E-state index in [1.807, 2.05) is 56.5 Å². The van der Waals surface area contributed by atoms with Gasteiger partial charge in [-0.05, 0) is 57.9 Å². The van der Waals surface area contributed by atoms with Gasteiger partial charge in [0.25, 0.3) is 0 Å². The van der Waals surface area contributed by atoms with Gasteiger partial charge in [-0.2, -0.15) is 0 Å². The third-order valence-corrected chi connectivity index (χ3v) is 6.04. The van der Waals surface area contributed by atoms with Gasteiger partial charge in [0, 0.05) is 12.2 Å². The number of carbonyl (C=O) groups excluding carboxylic acids is 1. The minimum atomic E-state index is -0.329. The smallest absolute Gasteiger partial charge is 0.237 e. The molecule has 6 nitrogen and oxygen atoms in total. The monoisotopic (exact) mass is 424 g/mol. The van der Waals surface area contributed by atoms with Crippen LogP contribution in [0.4, 0.5) is 5.69 Å². The molecular weight excluding hydrogens is 396 g/mol. The fraction of sp³-hybridized carbons (Fsp3) is 0.348. The lowest BCUT2D eigenvalue weighted by molar-refractivity contribution is -0.115. The van der Waals surface area contributed by atoms with Crippen molar-refractivity contribution in [3.63, 3.8) is 0 Å². The van der Waals surface area contributed by atoms with E-state index in [1.165, 1.54) is 17.3 Å². The molecule has 1 amide bonds. The number of nitrogens with one attached hydrogen (secondary N) is 1. The fourth-order valence-corrected chi connectivity index (χ4v) is 4.42. The molecule has 7 heteroatoms. The molecule has 0 bridgehead atoms. The van der Waals surface area contributed by atoms with Crippen LogP contribution in [-0.4, -0.2) is 33.0 Å². The topological polar surface area (TPSA) is 69.0 Å². The molecule has 3 aromatic rings. The number of para-hydroxylation sites is 1. The van der Waals surface area contributed by atoms with Crippen molar-refractivity contribution < 1.29 is 9.53 Å². The first-order valence-electron chi connectivity index (χ1n) is 9.97. The summed E-state index contributed by atoms with van der Waals surface area (Å²) in [5, 5.41) is 12.2. The molecular formula is C23H28N4O2S. The number of benzene rings is 2. The lowest BCUT2D eigenvalue weighted by Gasteiger charge is -2.16. The summed E-state index contributed by atoms with van der Waals surface area (Å²) in [6.07, 6.45) is 0. The predicted molar refractivity (Wildman–Crippen MR) is 122 cm³/mol. The van der Waals surface area contributed by atoms with Gasteiger partial charge in [0.2, 0.25) is 5.91 Å². The van der Waals surface area contributed by atoms with E-state index in [1.54, 1.807) is 7.11 Å². The number of hydrogen-bond acceptors (Lipinski definition) is 5. The summed E-state index contributed by atoms with van der Waals surface area (Å²) in [4.78, 5) is 12.9. The van der Waals surface area contributed by atoms with Gasteiger partial charge >= 0.3 is 0 Å². The van der Waals surface area contributed by atoms with Crippen LogP contribution in [0.25, 0.3) is 11.4 Å². The molecule has 0 radical (unpaired) electrons. The first kappa shape index (κ1) is 21.9. The average molecular weight is 425 g/mol. The Morgan fingerprint density at radius 3 is 2.47 bits per heavy atom. The van der Waals surface area contributed by atoms with Crippen molar-refractivity contribution in [2.75, 3.05) is 12.4 Å². The zero-order valence-electron chi connectivity index (χ0n) is 18.3. The van der Waals surface area contributed by atoms with E-state index >= 15 is 0 Å². The van der Waals surface area contributed by atoms with Crippen LogP contribution in [0.2, 0.25) is 0 Å². The number of aryl methyl sites for hydroxylation is 3. The summed E-state index contributed by atoms with van der Waals surface area (Å²) in [5.74, 6) is 1.42. The summed E-state index contributed by atoms with van der Waals surface area (Å²) in [6, 6.07) is 11.9. The van der Waals surface area contributed by atoms with Crippen LogP contribution in [0.1, 0.15) is 30.5 Å². The molecule has 0 fully saturated rings. The maximum Gasteiger partial charge on any atom is 0.237 e. The van der Waals surface area contributed by atoms with Gasteiger partial charge < -0.3 is 14.6 Å². The Labute approximate surface area is 182 Å². The molecule has 0 saturated heterocycles. The van der Waals surface area contributed by atoms with Crippen molar-refractivity contribution in [1.29, 1.82) is 0 Å². The fourth-order valence-electron chi connectivity index (χ4n) is 3.50. The Bertz CT molecular complexity index is 1040. The quantitative estimate of drug-likeness (QED) is 0.540. The van der Waals surface area contributed by atoms with Gasteiger partial charge in [0.15, 0.2) is 11.0 Å². The van der Waals surface area contributed by atoms with E-state index in [4.69, 9.17) is 4.74 Å². The number of aromatic nitrogens is 3. The molecule has 1 aromatic heterocycles. The second-order valence-corrected chi connectivity index (χ2v) is 8.58. The zero-order chi connectivity index (χ0) is 21.8. The highest BCUT2D eigenvalue weighted by atomic mass is 32.2. The minimum absolute atomic E-state index is 0.0560. The van der Waals surface area contributed by atoms with Crippen LogP contribution in [0, 0.1) is 20.8 Å². The highest BCUT2D eigenvalue weighted by molar-refractivity contribution is 8.00. The molecule has 0 spiro atoms. The zero-order valence-corrected chi connectivity index (χ0v) is 19.1. The number of methoxy groups -OCH3 is 1. The van der Waals surface area contributed by atoms with Gasteiger partial charge in [0.05, 0.1) is 17.9 Å². The van der Waals surface area contributed by atoms with Gasteiger partial charge in [-0.25, -0.2) is 0 Å². The van der Waals surface area contributed by atoms with E-state index in [9.17, 15) is 4.79 Å². The van der Waals surface area contributed by atoms with Crippen LogP contribution < -0.4 is 10.1 Å². The molecule has 0 aliphatic carbocycles. The number of rotatable bonds is 7. The highest BCUT2D eigenvalue weighted by Gasteiger charge is 2.22. The number of ether oxygens (including phenoxy) is 1. The van der Waals surface area contributed by atoms with Gasteiger partial charge in [-0.1, -0.05) is 41.6 Å².